The van der Waals surface area contributed by atoms with Crippen LogP contribution in [0.25, 0.3) is 11.5 Å². The van der Waals surface area contributed by atoms with E-state index in [0.717, 1.165) is 36.1 Å². The topological polar surface area (TPSA) is 105 Å². The second-order valence-electron chi connectivity index (χ2n) is 8.40. The van der Waals surface area contributed by atoms with Crippen LogP contribution >= 0.6 is 11.8 Å². The molecule has 1 N–H and O–H groups in total. The van der Waals surface area contributed by atoms with E-state index in [4.69, 9.17) is 4.42 Å². The summed E-state index contributed by atoms with van der Waals surface area (Å²) >= 11 is 1.73. The summed E-state index contributed by atoms with van der Waals surface area (Å²) in [6, 6.07) is 13.7. The van der Waals surface area contributed by atoms with E-state index < -0.39 is 15.9 Å². The minimum Gasteiger partial charge on any atom is -0.403 e. The SMILES string of the molecule is CC(C)Sc1cccc(-c2nnc(NC(=O)c3ccc(S(=O)(=O)N4CCCCCC4)cc3)o2)c1. The van der Waals surface area contributed by atoms with Gasteiger partial charge in [-0.1, -0.05) is 37.9 Å². The van der Waals surface area contributed by atoms with Gasteiger partial charge < -0.3 is 4.42 Å². The lowest BCUT2D eigenvalue weighted by molar-refractivity contribution is 0.102. The molecule has 2 heterocycles. The van der Waals surface area contributed by atoms with Gasteiger partial charge in [0.25, 0.3) is 5.91 Å². The van der Waals surface area contributed by atoms with Gasteiger partial charge in [0.05, 0.1) is 4.90 Å². The summed E-state index contributed by atoms with van der Waals surface area (Å²) in [7, 11) is -3.57. The molecule has 0 atom stereocenters. The fraction of sp³-hybridized carbons (Fsp3) is 0.375. The smallest absolute Gasteiger partial charge is 0.322 e. The molecule has 1 saturated heterocycles. The van der Waals surface area contributed by atoms with Crippen LogP contribution in [0, 0.1) is 0 Å². The number of thioether (sulfide) groups is 1. The quantitative estimate of drug-likeness (QED) is 0.452. The molecule has 8 nitrogen and oxygen atoms in total. The normalized spacial score (nSPS) is 15.3. The summed E-state index contributed by atoms with van der Waals surface area (Å²) in [5, 5.41) is 11.0. The Morgan fingerprint density at radius 2 is 1.74 bits per heavy atom. The van der Waals surface area contributed by atoms with Gasteiger partial charge in [-0.05, 0) is 55.3 Å². The molecule has 0 aliphatic carbocycles. The van der Waals surface area contributed by atoms with Crippen molar-refractivity contribution in [3.05, 3.63) is 54.1 Å². The maximum atomic E-state index is 12.9. The second-order valence-corrected chi connectivity index (χ2v) is 12.0. The highest BCUT2D eigenvalue weighted by Crippen LogP contribution is 2.28. The number of rotatable bonds is 7. The summed E-state index contributed by atoms with van der Waals surface area (Å²) in [6.07, 6.45) is 3.83. The molecule has 1 fully saturated rings. The van der Waals surface area contributed by atoms with E-state index in [1.54, 1.807) is 11.8 Å². The highest BCUT2D eigenvalue weighted by molar-refractivity contribution is 7.99. The van der Waals surface area contributed by atoms with Crippen LogP contribution in [0.2, 0.25) is 0 Å². The number of carbonyl (C=O) groups excluding carboxylic acids is 1. The maximum absolute atomic E-state index is 12.9. The average Bonchev–Trinajstić information content (AvgIpc) is 3.10. The highest BCUT2D eigenvalue weighted by Gasteiger charge is 2.25. The number of anilines is 1. The van der Waals surface area contributed by atoms with Gasteiger partial charge in [0.15, 0.2) is 0 Å². The molecule has 0 spiro atoms. The number of hydrogen-bond donors (Lipinski definition) is 1. The molecule has 1 aliphatic rings. The van der Waals surface area contributed by atoms with Crippen molar-refractivity contribution in [2.45, 2.75) is 54.6 Å². The van der Waals surface area contributed by atoms with Crippen LogP contribution in [0.15, 0.2) is 62.7 Å². The first-order chi connectivity index (χ1) is 16.3. The number of amides is 1. The van der Waals surface area contributed by atoms with E-state index >= 15 is 0 Å². The van der Waals surface area contributed by atoms with E-state index in [1.165, 1.54) is 28.6 Å². The molecule has 1 aliphatic heterocycles. The van der Waals surface area contributed by atoms with Gasteiger partial charge in [0.2, 0.25) is 15.9 Å². The van der Waals surface area contributed by atoms with Gasteiger partial charge in [-0.25, -0.2) is 8.42 Å². The molecule has 180 valence electrons. The highest BCUT2D eigenvalue weighted by atomic mass is 32.2. The Kier molecular flexibility index (Phi) is 7.70. The van der Waals surface area contributed by atoms with Crippen molar-refractivity contribution in [1.29, 1.82) is 0 Å². The molecule has 0 saturated carbocycles. The number of benzene rings is 2. The zero-order valence-electron chi connectivity index (χ0n) is 19.2. The Balaban J connectivity index is 1.43. The minimum absolute atomic E-state index is 0.0248. The lowest BCUT2D eigenvalue weighted by Gasteiger charge is -2.19. The van der Waals surface area contributed by atoms with Crippen LogP contribution in [0.4, 0.5) is 6.01 Å². The standard InChI is InChI=1S/C24H28N4O4S2/c1-17(2)33-20-9-7-8-19(16-20)23-26-27-24(32-23)25-22(29)18-10-12-21(13-11-18)34(30,31)28-14-5-3-4-6-15-28/h7-13,16-17H,3-6,14-15H2,1-2H3,(H,25,27,29). The van der Waals surface area contributed by atoms with Gasteiger partial charge in [0.1, 0.15) is 0 Å². The van der Waals surface area contributed by atoms with Crippen molar-refractivity contribution >= 4 is 33.7 Å². The fourth-order valence-corrected chi connectivity index (χ4v) is 6.16. The van der Waals surface area contributed by atoms with Gasteiger partial charge in [-0.2, -0.15) is 4.31 Å². The first kappa shape index (κ1) is 24.4. The van der Waals surface area contributed by atoms with E-state index in [-0.39, 0.29) is 10.9 Å². The Morgan fingerprint density at radius 3 is 2.41 bits per heavy atom. The third kappa shape index (κ3) is 5.86. The van der Waals surface area contributed by atoms with Crippen molar-refractivity contribution in [1.82, 2.24) is 14.5 Å². The van der Waals surface area contributed by atoms with Gasteiger partial charge in [0, 0.05) is 34.4 Å². The van der Waals surface area contributed by atoms with Crippen LogP contribution in [0.3, 0.4) is 0 Å². The van der Waals surface area contributed by atoms with Crippen LogP contribution in [0.1, 0.15) is 49.9 Å². The molecule has 1 amide bonds. The molecular weight excluding hydrogens is 472 g/mol. The van der Waals surface area contributed by atoms with Crippen LogP contribution in [0.5, 0.6) is 0 Å². The van der Waals surface area contributed by atoms with Crippen LogP contribution in [-0.2, 0) is 10.0 Å². The number of carbonyl (C=O) groups is 1. The largest absolute Gasteiger partial charge is 0.403 e. The van der Waals surface area contributed by atoms with Gasteiger partial charge >= 0.3 is 6.01 Å². The number of sulfonamides is 1. The van der Waals surface area contributed by atoms with Crippen LogP contribution in [-0.4, -0.2) is 47.2 Å². The van der Waals surface area contributed by atoms with Crippen molar-refractivity contribution < 1.29 is 17.6 Å². The zero-order chi connectivity index (χ0) is 24.1. The Morgan fingerprint density at radius 1 is 1.03 bits per heavy atom. The predicted octanol–water partition coefficient (Wildman–Crippen LogP) is 5.05. The summed E-state index contributed by atoms with van der Waals surface area (Å²) in [5.41, 5.74) is 1.06. The van der Waals surface area contributed by atoms with E-state index in [9.17, 15) is 13.2 Å². The molecule has 0 unspecified atom stereocenters. The van der Waals surface area contributed by atoms with E-state index in [0.29, 0.717) is 29.8 Å². The molecular formula is C24H28N4O4S2. The molecule has 0 radical (unpaired) electrons. The first-order valence-corrected chi connectivity index (χ1v) is 13.7. The minimum atomic E-state index is -3.57. The second kappa shape index (κ2) is 10.7. The Labute approximate surface area is 204 Å². The monoisotopic (exact) mass is 500 g/mol. The predicted molar refractivity (Wildman–Crippen MR) is 132 cm³/mol. The number of aromatic nitrogens is 2. The van der Waals surface area contributed by atoms with Crippen molar-refractivity contribution in [3.63, 3.8) is 0 Å². The summed E-state index contributed by atoms with van der Waals surface area (Å²) in [5.74, 6) is -0.154. The zero-order valence-corrected chi connectivity index (χ0v) is 20.9. The summed E-state index contributed by atoms with van der Waals surface area (Å²) < 4.78 is 33.0. The number of hydrogen-bond acceptors (Lipinski definition) is 7. The van der Waals surface area contributed by atoms with Gasteiger partial charge in [-0.3, -0.25) is 10.1 Å². The molecule has 10 heteroatoms. The number of nitrogens with one attached hydrogen (secondary N) is 1. The molecule has 1 aromatic heterocycles. The Hall–Kier alpha value is -2.69. The average molecular weight is 501 g/mol. The summed E-state index contributed by atoms with van der Waals surface area (Å²) in [4.78, 5) is 13.9. The summed E-state index contributed by atoms with van der Waals surface area (Å²) in [6.45, 7) is 5.30. The van der Waals surface area contributed by atoms with Gasteiger partial charge in [-0.15, -0.1) is 16.9 Å². The van der Waals surface area contributed by atoms with Crippen LogP contribution < -0.4 is 5.32 Å². The molecule has 2 aromatic carbocycles. The Bertz CT molecular complexity index is 1230. The molecule has 4 rings (SSSR count). The lowest BCUT2D eigenvalue weighted by atomic mass is 10.2. The van der Waals surface area contributed by atoms with E-state index in [1.807, 2.05) is 24.3 Å². The van der Waals surface area contributed by atoms with Crippen molar-refractivity contribution in [2.75, 3.05) is 18.4 Å². The van der Waals surface area contributed by atoms with Crippen molar-refractivity contribution in [3.8, 4) is 11.5 Å². The molecule has 0 bridgehead atoms. The molecule has 34 heavy (non-hydrogen) atoms. The lowest BCUT2D eigenvalue weighted by Crippen LogP contribution is -2.31. The third-order valence-corrected chi connectivity index (χ3v) is 8.33. The fourth-order valence-electron chi connectivity index (χ4n) is 3.74. The van der Waals surface area contributed by atoms with E-state index in [2.05, 4.69) is 29.4 Å². The number of nitrogens with zero attached hydrogens (tertiary/aromatic N) is 3. The van der Waals surface area contributed by atoms with Crippen molar-refractivity contribution in [2.24, 2.45) is 0 Å². The first-order valence-electron chi connectivity index (χ1n) is 11.3. The third-order valence-electron chi connectivity index (χ3n) is 5.42. The maximum Gasteiger partial charge on any atom is 0.322 e. The molecule has 3 aromatic rings.